The molecule has 0 fully saturated rings. The Morgan fingerprint density at radius 2 is 2.10 bits per heavy atom. The van der Waals surface area contributed by atoms with Crippen LogP contribution in [-0.2, 0) is 18.0 Å². The maximum atomic E-state index is 12.2. The van der Waals surface area contributed by atoms with Crippen molar-refractivity contribution in [1.82, 2.24) is 4.98 Å². The molecular weight excluding hydrogens is 276 g/mol. The standard InChI is InChI=1S/C15H13ClN2O2/c1-9-4-13(14(16)17-6-9)18-15(19)10-2-3-11-7-20-8-12(11)5-10/h2-6H,7-8H2,1H3,(H,18,19). The van der Waals surface area contributed by atoms with Gasteiger partial charge in [-0.05, 0) is 41.8 Å². The number of anilines is 1. The van der Waals surface area contributed by atoms with Crippen LogP contribution in [0.5, 0.6) is 0 Å². The number of fused-ring (bicyclic) bond motifs is 1. The van der Waals surface area contributed by atoms with Crippen LogP contribution in [0.2, 0.25) is 5.15 Å². The number of nitrogens with one attached hydrogen (secondary N) is 1. The molecule has 1 aliphatic rings. The summed E-state index contributed by atoms with van der Waals surface area (Å²) in [5.74, 6) is -0.200. The molecule has 2 heterocycles. The number of carbonyl (C=O) groups is 1. The summed E-state index contributed by atoms with van der Waals surface area (Å²) in [7, 11) is 0. The Bertz CT molecular complexity index is 686. The molecule has 0 unspecified atom stereocenters. The normalized spacial score (nSPS) is 13.1. The lowest BCUT2D eigenvalue weighted by atomic mass is 10.1. The van der Waals surface area contributed by atoms with E-state index in [4.69, 9.17) is 16.3 Å². The van der Waals surface area contributed by atoms with Gasteiger partial charge in [0.2, 0.25) is 0 Å². The molecule has 5 heteroatoms. The molecule has 1 amide bonds. The maximum absolute atomic E-state index is 12.2. The molecular formula is C15H13ClN2O2. The fraction of sp³-hybridized carbons (Fsp3) is 0.200. The van der Waals surface area contributed by atoms with Crippen LogP contribution < -0.4 is 5.32 Å². The van der Waals surface area contributed by atoms with Crippen LogP contribution in [-0.4, -0.2) is 10.9 Å². The molecule has 102 valence electrons. The minimum Gasteiger partial charge on any atom is -0.372 e. The van der Waals surface area contributed by atoms with Crippen LogP contribution >= 0.6 is 11.6 Å². The van der Waals surface area contributed by atoms with Gasteiger partial charge in [-0.15, -0.1) is 0 Å². The molecule has 2 aromatic rings. The zero-order valence-corrected chi connectivity index (χ0v) is 11.7. The summed E-state index contributed by atoms with van der Waals surface area (Å²) in [6.07, 6.45) is 1.66. The second-order valence-corrected chi connectivity index (χ2v) is 5.14. The second-order valence-electron chi connectivity index (χ2n) is 4.78. The van der Waals surface area contributed by atoms with E-state index in [1.54, 1.807) is 18.3 Å². The lowest BCUT2D eigenvalue weighted by Crippen LogP contribution is -2.13. The van der Waals surface area contributed by atoms with Crippen LogP contribution in [0.1, 0.15) is 27.0 Å². The van der Waals surface area contributed by atoms with Gasteiger partial charge < -0.3 is 10.1 Å². The molecule has 1 aliphatic heterocycles. The third-order valence-electron chi connectivity index (χ3n) is 3.21. The number of halogens is 1. The second kappa shape index (κ2) is 5.23. The summed E-state index contributed by atoms with van der Waals surface area (Å²) < 4.78 is 5.34. The minimum atomic E-state index is -0.200. The van der Waals surface area contributed by atoms with E-state index in [-0.39, 0.29) is 11.1 Å². The highest BCUT2D eigenvalue weighted by Gasteiger charge is 2.15. The molecule has 20 heavy (non-hydrogen) atoms. The summed E-state index contributed by atoms with van der Waals surface area (Å²) in [6, 6.07) is 7.37. The van der Waals surface area contributed by atoms with Gasteiger partial charge in [0.25, 0.3) is 5.91 Å². The molecule has 0 atom stereocenters. The topological polar surface area (TPSA) is 51.2 Å². The maximum Gasteiger partial charge on any atom is 0.255 e. The quantitative estimate of drug-likeness (QED) is 0.863. The predicted octanol–water partition coefficient (Wildman–Crippen LogP) is 3.33. The van der Waals surface area contributed by atoms with Crippen molar-refractivity contribution < 1.29 is 9.53 Å². The molecule has 4 nitrogen and oxygen atoms in total. The van der Waals surface area contributed by atoms with Gasteiger partial charge in [-0.3, -0.25) is 4.79 Å². The molecule has 0 saturated heterocycles. The number of carbonyl (C=O) groups excluding carboxylic acids is 1. The van der Waals surface area contributed by atoms with Gasteiger partial charge in [-0.1, -0.05) is 17.7 Å². The van der Waals surface area contributed by atoms with E-state index < -0.39 is 0 Å². The van der Waals surface area contributed by atoms with Crippen molar-refractivity contribution in [3.05, 3.63) is 57.9 Å². The lowest BCUT2D eigenvalue weighted by molar-refractivity contribution is 0.102. The number of hydrogen-bond acceptors (Lipinski definition) is 3. The Morgan fingerprint density at radius 1 is 1.30 bits per heavy atom. The van der Waals surface area contributed by atoms with Crippen LogP contribution in [0.15, 0.2) is 30.5 Å². The van der Waals surface area contributed by atoms with Crippen LogP contribution in [0.25, 0.3) is 0 Å². The van der Waals surface area contributed by atoms with E-state index in [0.29, 0.717) is 24.5 Å². The Hall–Kier alpha value is -1.91. The zero-order chi connectivity index (χ0) is 14.1. The Labute approximate surface area is 121 Å². The Balaban J connectivity index is 1.84. The fourth-order valence-electron chi connectivity index (χ4n) is 2.15. The molecule has 0 bridgehead atoms. The number of rotatable bonds is 2. The van der Waals surface area contributed by atoms with Crippen LogP contribution in [0, 0.1) is 6.92 Å². The molecule has 3 rings (SSSR count). The fourth-order valence-corrected chi connectivity index (χ4v) is 2.30. The molecule has 0 radical (unpaired) electrons. The molecule has 0 aliphatic carbocycles. The van der Waals surface area contributed by atoms with Gasteiger partial charge in [0.05, 0.1) is 18.9 Å². The van der Waals surface area contributed by atoms with Crippen molar-refractivity contribution in [2.45, 2.75) is 20.1 Å². The van der Waals surface area contributed by atoms with Crippen molar-refractivity contribution >= 4 is 23.2 Å². The number of amides is 1. The Kier molecular flexibility index (Phi) is 3.42. The molecule has 1 aromatic carbocycles. The number of pyridine rings is 1. The van der Waals surface area contributed by atoms with E-state index >= 15 is 0 Å². The van der Waals surface area contributed by atoms with Crippen molar-refractivity contribution in [2.75, 3.05) is 5.32 Å². The number of aromatic nitrogens is 1. The first-order chi connectivity index (χ1) is 9.63. The van der Waals surface area contributed by atoms with Gasteiger partial charge in [-0.2, -0.15) is 0 Å². The average Bonchev–Trinajstić information content (AvgIpc) is 2.90. The van der Waals surface area contributed by atoms with Crippen molar-refractivity contribution in [2.24, 2.45) is 0 Å². The third-order valence-corrected chi connectivity index (χ3v) is 3.51. The van der Waals surface area contributed by atoms with Gasteiger partial charge in [-0.25, -0.2) is 4.98 Å². The smallest absolute Gasteiger partial charge is 0.255 e. The molecule has 0 spiro atoms. The first-order valence-electron chi connectivity index (χ1n) is 6.26. The third kappa shape index (κ3) is 2.53. The van der Waals surface area contributed by atoms with E-state index in [0.717, 1.165) is 16.7 Å². The summed E-state index contributed by atoms with van der Waals surface area (Å²) in [5, 5.41) is 3.07. The SMILES string of the molecule is Cc1cnc(Cl)c(NC(=O)c2ccc3c(c2)COC3)c1. The summed E-state index contributed by atoms with van der Waals surface area (Å²) in [4.78, 5) is 16.3. The Morgan fingerprint density at radius 3 is 2.95 bits per heavy atom. The van der Waals surface area contributed by atoms with Crippen LogP contribution in [0.3, 0.4) is 0 Å². The predicted molar refractivity (Wildman–Crippen MR) is 76.9 cm³/mol. The largest absolute Gasteiger partial charge is 0.372 e. The first-order valence-corrected chi connectivity index (χ1v) is 6.64. The first kappa shape index (κ1) is 13.1. The van der Waals surface area contributed by atoms with Gasteiger partial charge in [0.1, 0.15) is 0 Å². The number of nitrogens with zero attached hydrogens (tertiary/aromatic N) is 1. The highest BCUT2D eigenvalue weighted by molar-refractivity contribution is 6.32. The number of hydrogen-bond donors (Lipinski definition) is 1. The number of ether oxygens (including phenoxy) is 1. The van der Waals surface area contributed by atoms with Crippen molar-refractivity contribution in [3.8, 4) is 0 Å². The van der Waals surface area contributed by atoms with E-state index in [1.165, 1.54) is 0 Å². The number of benzene rings is 1. The molecule has 0 saturated carbocycles. The van der Waals surface area contributed by atoms with Crippen molar-refractivity contribution in [1.29, 1.82) is 0 Å². The highest BCUT2D eigenvalue weighted by Crippen LogP contribution is 2.23. The average molecular weight is 289 g/mol. The molecule has 1 aromatic heterocycles. The van der Waals surface area contributed by atoms with Gasteiger partial charge >= 0.3 is 0 Å². The van der Waals surface area contributed by atoms with E-state index in [2.05, 4.69) is 10.3 Å². The number of aryl methyl sites for hydroxylation is 1. The summed E-state index contributed by atoms with van der Waals surface area (Å²) >= 11 is 5.98. The van der Waals surface area contributed by atoms with E-state index in [9.17, 15) is 4.79 Å². The van der Waals surface area contributed by atoms with E-state index in [1.807, 2.05) is 19.1 Å². The highest BCUT2D eigenvalue weighted by atomic mass is 35.5. The van der Waals surface area contributed by atoms with Crippen molar-refractivity contribution in [3.63, 3.8) is 0 Å². The summed E-state index contributed by atoms with van der Waals surface area (Å²) in [6.45, 7) is 3.07. The van der Waals surface area contributed by atoms with Crippen LogP contribution in [0.4, 0.5) is 5.69 Å². The van der Waals surface area contributed by atoms with Gasteiger partial charge in [0, 0.05) is 11.8 Å². The van der Waals surface area contributed by atoms with Gasteiger partial charge in [0.15, 0.2) is 5.15 Å². The zero-order valence-electron chi connectivity index (χ0n) is 10.9. The summed E-state index contributed by atoms with van der Waals surface area (Å²) in [5.41, 5.74) is 4.25. The molecule has 1 N–H and O–H groups in total. The monoisotopic (exact) mass is 288 g/mol. The lowest BCUT2D eigenvalue weighted by Gasteiger charge is -2.08. The minimum absolute atomic E-state index is 0.200.